The average molecular weight is 530 g/mol. The Morgan fingerprint density at radius 2 is 1.77 bits per heavy atom. The maximum atomic E-state index is 12.4. The smallest absolute Gasteiger partial charge is 0.275 e. The molecule has 3 rings (SSSR count). The third-order valence-electron chi connectivity index (χ3n) is 4.46. The molecule has 0 aromatic heterocycles. The van der Waals surface area contributed by atoms with Crippen LogP contribution >= 0.6 is 22.6 Å². The summed E-state index contributed by atoms with van der Waals surface area (Å²) in [4.78, 5) is 12.4. The Balaban J connectivity index is 1.71. The van der Waals surface area contributed by atoms with Gasteiger partial charge in [0.05, 0.1) is 29.6 Å². The van der Waals surface area contributed by atoms with Crippen LogP contribution < -0.4 is 19.6 Å². The molecule has 0 bridgehead atoms. The Morgan fingerprint density at radius 3 is 2.48 bits per heavy atom. The van der Waals surface area contributed by atoms with Crippen molar-refractivity contribution in [1.29, 1.82) is 0 Å². The zero-order chi connectivity index (χ0) is 22.2. The zero-order valence-corrected chi connectivity index (χ0v) is 19.7. The summed E-state index contributed by atoms with van der Waals surface area (Å²) in [5.74, 6) is 1.41. The Morgan fingerprint density at radius 1 is 1.03 bits per heavy atom. The molecule has 1 amide bonds. The molecule has 0 aliphatic carbocycles. The molecule has 0 atom stereocenters. The van der Waals surface area contributed by atoms with Crippen molar-refractivity contribution in [1.82, 2.24) is 5.43 Å². The lowest BCUT2D eigenvalue weighted by atomic mass is 10.1. The first-order valence-electron chi connectivity index (χ1n) is 9.54. The van der Waals surface area contributed by atoms with E-state index in [-0.39, 0.29) is 5.91 Å². The maximum absolute atomic E-state index is 12.4. The molecular weight excluding hydrogens is 507 g/mol. The third kappa shape index (κ3) is 5.97. The standard InChI is InChI=1S/C24H23IN2O4/c1-16-9-10-19(21(11-16)29-2)24(28)27-26-14-18-12-20(25)23(22(13-18)30-3)31-15-17-7-5-4-6-8-17/h4-14H,15H2,1-3H3,(H,27,28)/b26-14-. The molecule has 0 aliphatic heterocycles. The minimum Gasteiger partial charge on any atom is -0.496 e. The zero-order valence-electron chi connectivity index (χ0n) is 17.5. The number of carbonyl (C=O) groups is 1. The van der Waals surface area contributed by atoms with Crippen molar-refractivity contribution < 1.29 is 19.0 Å². The van der Waals surface area contributed by atoms with E-state index >= 15 is 0 Å². The number of amides is 1. The van der Waals surface area contributed by atoms with Gasteiger partial charge in [0.15, 0.2) is 11.5 Å². The van der Waals surface area contributed by atoms with Crippen molar-refractivity contribution in [3.63, 3.8) is 0 Å². The summed E-state index contributed by atoms with van der Waals surface area (Å²) in [6.45, 7) is 2.37. The molecule has 0 aliphatic rings. The van der Waals surface area contributed by atoms with Crippen molar-refractivity contribution in [2.45, 2.75) is 13.5 Å². The number of nitrogens with one attached hydrogen (secondary N) is 1. The summed E-state index contributed by atoms with van der Waals surface area (Å²) >= 11 is 2.19. The summed E-state index contributed by atoms with van der Waals surface area (Å²) in [7, 11) is 3.12. The number of rotatable bonds is 8. The topological polar surface area (TPSA) is 69.2 Å². The number of benzene rings is 3. The fourth-order valence-electron chi connectivity index (χ4n) is 2.90. The molecule has 7 heteroatoms. The van der Waals surface area contributed by atoms with Crippen LogP contribution in [0.4, 0.5) is 0 Å². The number of carbonyl (C=O) groups excluding carboxylic acids is 1. The molecule has 0 saturated carbocycles. The van der Waals surface area contributed by atoms with E-state index < -0.39 is 0 Å². The minimum absolute atomic E-state index is 0.349. The number of hydrogen-bond donors (Lipinski definition) is 1. The van der Waals surface area contributed by atoms with Gasteiger partial charge in [-0.05, 0) is 70.5 Å². The molecule has 0 unspecified atom stereocenters. The summed E-state index contributed by atoms with van der Waals surface area (Å²) in [6.07, 6.45) is 1.56. The molecule has 0 radical (unpaired) electrons. The van der Waals surface area contributed by atoms with Gasteiger partial charge < -0.3 is 14.2 Å². The van der Waals surface area contributed by atoms with Crippen LogP contribution in [0.2, 0.25) is 0 Å². The van der Waals surface area contributed by atoms with Crippen LogP contribution in [0, 0.1) is 10.5 Å². The molecule has 0 spiro atoms. The largest absolute Gasteiger partial charge is 0.496 e. The first-order chi connectivity index (χ1) is 15.0. The predicted octanol–water partition coefficient (Wildman–Crippen LogP) is 4.96. The van der Waals surface area contributed by atoms with Crippen molar-refractivity contribution in [2.24, 2.45) is 5.10 Å². The third-order valence-corrected chi connectivity index (χ3v) is 5.26. The number of hydrogen-bond acceptors (Lipinski definition) is 5. The molecule has 3 aromatic rings. The fourth-order valence-corrected chi connectivity index (χ4v) is 3.68. The van der Waals surface area contributed by atoms with E-state index in [0.717, 1.165) is 20.3 Å². The van der Waals surface area contributed by atoms with Gasteiger partial charge in [-0.3, -0.25) is 4.79 Å². The van der Waals surface area contributed by atoms with Crippen LogP contribution in [0.1, 0.15) is 27.0 Å². The second-order valence-corrected chi connectivity index (χ2v) is 7.87. The van der Waals surface area contributed by atoms with Gasteiger partial charge in [-0.15, -0.1) is 0 Å². The molecular formula is C24H23IN2O4. The molecule has 0 heterocycles. The minimum atomic E-state index is -0.349. The van der Waals surface area contributed by atoms with Gasteiger partial charge in [0.2, 0.25) is 0 Å². The lowest BCUT2D eigenvalue weighted by Gasteiger charge is -2.13. The van der Waals surface area contributed by atoms with E-state index in [0.29, 0.717) is 29.4 Å². The molecule has 0 fully saturated rings. The molecule has 0 saturated heterocycles. The van der Waals surface area contributed by atoms with E-state index in [1.54, 1.807) is 25.5 Å². The first-order valence-corrected chi connectivity index (χ1v) is 10.6. The first kappa shape index (κ1) is 22.6. The highest BCUT2D eigenvalue weighted by Gasteiger charge is 2.13. The number of ether oxygens (including phenoxy) is 3. The highest BCUT2D eigenvalue weighted by Crippen LogP contribution is 2.34. The molecule has 3 aromatic carbocycles. The van der Waals surface area contributed by atoms with Crippen LogP contribution in [0.5, 0.6) is 17.2 Å². The molecule has 160 valence electrons. The van der Waals surface area contributed by atoms with Gasteiger partial charge in [-0.1, -0.05) is 36.4 Å². The Kier molecular flexibility index (Phi) is 7.88. The summed E-state index contributed by atoms with van der Waals surface area (Å²) in [5, 5.41) is 4.08. The Hall–Kier alpha value is -3.07. The van der Waals surface area contributed by atoms with Gasteiger partial charge >= 0.3 is 0 Å². The molecule has 1 N–H and O–H groups in total. The van der Waals surface area contributed by atoms with Gasteiger partial charge in [-0.25, -0.2) is 5.43 Å². The number of aryl methyl sites for hydroxylation is 1. The number of methoxy groups -OCH3 is 2. The average Bonchev–Trinajstić information content (AvgIpc) is 2.78. The second kappa shape index (κ2) is 10.8. The highest BCUT2D eigenvalue weighted by molar-refractivity contribution is 14.1. The normalized spacial score (nSPS) is 10.7. The lowest BCUT2D eigenvalue weighted by molar-refractivity contribution is 0.0952. The van der Waals surface area contributed by atoms with Crippen LogP contribution in [-0.2, 0) is 6.61 Å². The van der Waals surface area contributed by atoms with Gasteiger partial charge in [0.1, 0.15) is 12.4 Å². The van der Waals surface area contributed by atoms with Crippen LogP contribution in [0.3, 0.4) is 0 Å². The highest BCUT2D eigenvalue weighted by atomic mass is 127. The van der Waals surface area contributed by atoms with Crippen molar-refractivity contribution >= 4 is 34.7 Å². The Labute approximate surface area is 195 Å². The quantitative estimate of drug-likeness (QED) is 0.254. The fraction of sp³-hybridized carbons (Fsp3) is 0.167. The molecule has 31 heavy (non-hydrogen) atoms. The summed E-state index contributed by atoms with van der Waals surface area (Å²) < 4.78 is 17.6. The number of nitrogens with zero attached hydrogens (tertiary/aromatic N) is 1. The van der Waals surface area contributed by atoms with E-state index in [1.807, 2.05) is 55.5 Å². The molecule has 6 nitrogen and oxygen atoms in total. The van der Waals surface area contributed by atoms with Crippen molar-refractivity contribution in [3.05, 3.63) is 86.5 Å². The lowest BCUT2D eigenvalue weighted by Crippen LogP contribution is -2.18. The van der Waals surface area contributed by atoms with E-state index in [2.05, 4.69) is 33.1 Å². The summed E-state index contributed by atoms with van der Waals surface area (Å²) in [5.41, 5.74) is 5.80. The maximum Gasteiger partial charge on any atom is 0.275 e. The predicted molar refractivity (Wildman–Crippen MR) is 129 cm³/mol. The monoisotopic (exact) mass is 530 g/mol. The van der Waals surface area contributed by atoms with Gasteiger partial charge in [0.25, 0.3) is 5.91 Å². The van der Waals surface area contributed by atoms with Gasteiger partial charge in [0, 0.05) is 0 Å². The Bertz CT molecular complexity index is 1080. The number of halogens is 1. The van der Waals surface area contributed by atoms with E-state index in [4.69, 9.17) is 14.2 Å². The number of hydrazone groups is 1. The van der Waals surface area contributed by atoms with E-state index in [9.17, 15) is 4.79 Å². The van der Waals surface area contributed by atoms with E-state index in [1.165, 1.54) is 7.11 Å². The second-order valence-electron chi connectivity index (χ2n) is 6.71. The SMILES string of the molecule is COc1cc(C)ccc1C(=O)N/N=C\c1cc(I)c(OCc2ccccc2)c(OC)c1. The van der Waals surface area contributed by atoms with Crippen LogP contribution in [0.25, 0.3) is 0 Å². The van der Waals surface area contributed by atoms with Crippen LogP contribution in [0.15, 0.2) is 65.8 Å². The van der Waals surface area contributed by atoms with Gasteiger partial charge in [-0.2, -0.15) is 5.10 Å². The summed E-state index contributed by atoms with van der Waals surface area (Å²) in [6, 6.07) is 19.0. The van der Waals surface area contributed by atoms with Crippen molar-refractivity contribution in [3.8, 4) is 17.2 Å². The van der Waals surface area contributed by atoms with Crippen LogP contribution in [-0.4, -0.2) is 26.3 Å². The van der Waals surface area contributed by atoms with Crippen molar-refractivity contribution in [2.75, 3.05) is 14.2 Å².